The van der Waals surface area contributed by atoms with Crippen molar-refractivity contribution in [1.29, 1.82) is 0 Å². The maximum absolute atomic E-state index is 12.2. The molecule has 2 aliphatic rings. The van der Waals surface area contributed by atoms with E-state index in [1.807, 2.05) is 32.9 Å². The number of amides is 1. The van der Waals surface area contributed by atoms with Gasteiger partial charge in [0.15, 0.2) is 0 Å². The van der Waals surface area contributed by atoms with Crippen molar-refractivity contribution in [2.45, 2.75) is 58.3 Å². The van der Waals surface area contributed by atoms with E-state index >= 15 is 0 Å². The molecule has 1 amide bonds. The Morgan fingerprint density at radius 3 is 2.71 bits per heavy atom. The monoisotopic (exact) mass is 289 g/mol. The maximum Gasteiger partial charge on any atom is 0.410 e. The minimum absolute atomic E-state index is 0.241. The first-order valence-corrected chi connectivity index (χ1v) is 7.68. The zero-order valence-corrected chi connectivity index (χ0v) is 13.0. The predicted molar refractivity (Wildman–Crippen MR) is 80.4 cm³/mol. The molecule has 21 heavy (non-hydrogen) atoms. The van der Waals surface area contributed by atoms with E-state index in [9.17, 15) is 4.79 Å². The number of carbonyl (C=O) groups excluding carboxylic acids is 1. The van der Waals surface area contributed by atoms with Crippen LogP contribution in [0.5, 0.6) is 5.75 Å². The lowest BCUT2D eigenvalue weighted by molar-refractivity contribution is 0.0222. The molecule has 0 aromatic heterocycles. The van der Waals surface area contributed by atoms with Crippen molar-refractivity contribution in [2.24, 2.45) is 0 Å². The molecule has 0 radical (unpaired) electrons. The van der Waals surface area contributed by atoms with Gasteiger partial charge in [0.05, 0.1) is 12.6 Å². The normalized spacial score (nSPS) is 18.1. The zero-order chi connectivity index (χ0) is 15.0. The van der Waals surface area contributed by atoms with Crippen LogP contribution in [-0.2, 0) is 17.7 Å². The molecule has 1 aromatic rings. The Labute approximate surface area is 126 Å². The van der Waals surface area contributed by atoms with Crippen LogP contribution in [0.25, 0.3) is 0 Å². The van der Waals surface area contributed by atoms with Crippen LogP contribution < -0.4 is 4.74 Å². The SMILES string of the molecule is CC(C)(C)OC(=O)N1CCc2cccc(OC3CC3)c2C1. The Hall–Kier alpha value is -1.71. The summed E-state index contributed by atoms with van der Waals surface area (Å²) in [6.45, 7) is 6.96. The highest BCUT2D eigenvalue weighted by Crippen LogP contribution is 2.33. The van der Waals surface area contributed by atoms with Crippen LogP contribution in [0.3, 0.4) is 0 Å². The fraction of sp³-hybridized carbons (Fsp3) is 0.588. The van der Waals surface area contributed by atoms with E-state index in [1.165, 1.54) is 5.56 Å². The summed E-state index contributed by atoms with van der Waals surface area (Å²) in [6, 6.07) is 6.18. The lowest BCUT2D eigenvalue weighted by Gasteiger charge is -2.32. The molecule has 1 aliphatic heterocycles. The van der Waals surface area contributed by atoms with Crippen molar-refractivity contribution in [3.63, 3.8) is 0 Å². The van der Waals surface area contributed by atoms with Gasteiger partial charge in [-0.3, -0.25) is 0 Å². The topological polar surface area (TPSA) is 38.8 Å². The van der Waals surface area contributed by atoms with Crippen LogP contribution in [0.4, 0.5) is 4.79 Å². The molecule has 4 nitrogen and oxygen atoms in total. The second-order valence-corrected chi connectivity index (χ2v) is 6.86. The summed E-state index contributed by atoms with van der Waals surface area (Å²) in [5, 5.41) is 0. The van der Waals surface area contributed by atoms with Crippen molar-refractivity contribution in [2.75, 3.05) is 6.54 Å². The summed E-state index contributed by atoms with van der Waals surface area (Å²) in [7, 11) is 0. The summed E-state index contributed by atoms with van der Waals surface area (Å²) in [5.74, 6) is 0.934. The van der Waals surface area contributed by atoms with E-state index in [1.54, 1.807) is 4.90 Å². The third-order valence-corrected chi connectivity index (χ3v) is 3.70. The maximum atomic E-state index is 12.2. The minimum Gasteiger partial charge on any atom is -0.490 e. The molecule has 1 fully saturated rings. The number of fused-ring (bicyclic) bond motifs is 1. The third kappa shape index (κ3) is 3.49. The van der Waals surface area contributed by atoms with E-state index < -0.39 is 5.60 Å². The fourth-order valence-corrected chi connectivity index (χ4v) is 2.51. The molecule has 0 saturated heterocycles. The van der Waals surface area contributed by atoms with E-state index in [-0.39, 0.29) is 6.09 Å². The lowest BCUT2D eigenvalue weighted by Crippen LogP contribution is -2.40. The van der Waals surface area contributed by atoms with Gasteiger partial charge in [0.25, 0.3) is 0 Å². The standard InChI is InChI=1S/C17H23NO3/c1-17(2,3)21-16(19)18-10-9-12-5-4-6-15(14(12)11-18)20-13-7-8-13/h4-6,13H,7-11H2,1-3H3. The fourth-order valence-electron chi connectivity index (χ4n) is 2.51. The number of ether oxygens (including phenoxy) is 2. The predicted octanol–water partition coefficient (Wildman–Crippen LogP) is 3.52. The molecule has 0 atom stereocenters. The van der Waals surface area contributed by atoms with Crippen molar-refractivity contribution in [3.8, 4) is 5.75 Å². The van der Waals surface area contributed by atoms with Gasteiger partial charge in [-0.15, -0.1) is 0 Å². The van der Waals surface area contributed by atoms with E-state index in [2.05, 4.69) is 6.07 Å². The molecule has 3 rings (SSSR count). The van der Waals surface area contributed by atoms with Crippen LogP contribution in [0, 0.1) is 0 Å². The Bertz CT molecular complexity index is 543. The van der Waals surface area contributed by atoms with Gasteiger partial charge >= 0.3 is 6.09 Å². The molecule has 0 bridgehead atoms. The molecular weight excluding hydrogens is 266 g/mol. The first-order chi connectivity index (χ1) is 9.92. The molecule has 1 saturated carbocycles. The van der Waals surface area contributed by atoms with Crippen LogP contribution >= 0.6 is 0 Å². The summed E-state index contributed by atoms with van der Waals surface area (Å²) < 4.78 is 11.4. The van der Waals surface area contributed by atoms with Gasteiger partial charge in [-0.1, -0.05) is 12.1 Å². The quantitative estimate of drug-likeness (QED) is 0.836. The van der Waals surface area contributed by atoms with Gasteiger partial charge < -0.3 is 14.4 Å². The highest BCUT2D eigenvalue weighted by molar-refractivity contribution is 5.69. The molecular formula is C17H23NO3. The van der Waals surface area contributed by atoms with Gasteiger partial charge in [-0.05, 0) is 51.7 Å². The number of hydrogen-bond acceptors (Lipinski definition) is 3. The highest BCUT2D eigenvalue weighted by Gasteiger charge is 2.29. The molecule has 1 aromatic carbocycles. The first-order valence-electron chi connectivity index (χ1n) is 7.68. The largest absolute Gasteiger partial charge is 0.490 e. The Balaban J connectivity index is 1.75. The zero-order valence-electron chi connectivity index (χ0n) is 13.0. The molecule has 4 heteroatoms. The first kappa shape index (κ1) is 14.2. The highest BCUT2D eigenvalue weighted by atomic mass is 16.6. The van der Waals surface area contributed by atoms with E-state index in [4.69, 9.17) is 9.47 Å². The van der Waals surface area contributed by atoms with Gasteiger partial charge in [0.2, 0.25) is 0 Å². The molecule has 0 unspecified atom stereocenters. The van der Waals surface area contributed by atoms with Crippen molar-refractivity contribution < 1.29 is 14.3 Å². The van der Waals surface area contributed by atoms with Gasteiger partial charge in [-0.25, -0.2) is 4.79 Å². The lowest BCUT2D eigenvalue weighted by atomic mass is 9.99. The van der Waals surface area contributed by atoms with Crippen LogP contribution in [0.15, 0.2) is 18.2 Å². The van der Waals surface area contributed by atoms with Gasteiger partial charge in [-0.2, -0.15) is 0 Å². The molecule has 0 N–H and O–H groups in total. The number of nitrogens with zero attached hydrogens (tertiary/aromatic N) is 1. The smallest absolute Gasteiger partial charge is 0.410 e. The van der Waals surface area contributed by atoms with Crippen molar-refractivity contribution >= 4 is 6.09 Å². The minimum atomic E-state index is -0.457. The van der Waals surface area contributed by atoms with Crippen molar-refractivity contribution in [1.82, 2.24) is 4.90 Å². The summed E-state index contributed by atoms with van der Waals surface area (Å²) in [6.07, 6.45) is 3.26. The second-order valence-electron chi connectivity index (χ2n) is 6.86. The summed E-state index contributed by atoms with van der Waals surface area (Å²) in [4.78, 5) is 14.0. The average molecular weight is 289 g/mol. The number of rotatable bonds is 2. The number of hydrogen-bond donors (Lipinski definition) is 0. The molecule has 0 spiro atoms. The number of benzene rings is 1. The summed E-state index contributed by atoms with van der Waals surface area (Å²) >= 11 is 0. The molecule has 114 valence electrons. The Kier molecular flexibility index (Phi) is 3.56. The Morgan fingerprint density at radius 1 is 1.29 bits per heavy atom. The van der Waals surface area contributed by atoms with Crippen LogP contribution in [0.2, 0.25) is 0 Å². The molecule has 1 heterocycles. The third-order valence-electron chi connectivity index (χ3n) is 3.70. The second kappa shape index (κ2) is 5.24. The van der Waals surface area contributed by atoms with E-state index in [0.717, 1.165) is 30.6 Å². The van der Waals surface area contributed by atoms with Crippen molar-refractivity contribution in [3.05, 3.63) is 29.3 Å². The summed E-state index contributed by atoms with van der Waals surface area (Å²) in [5.41, 5.74) is 1.97. The van der Waals surface area contributed by atoms with Gasteiger partial charge in [0.1, 0.15) is 11.4 Å². The van der Waals surface area contributed by atoms with Gasteiger partial charge in [0, 0.05) is 12.1 Å². The van der Waals surface area contributed by atoms with Crippen LogP contribution in [-0.4, -0.2) is 29.2 Å². The van der Waals surface area contributed by atoms with Crippen LogP contribution in [0.1, 0.15) is 44.7 Å². The Morgan fingerprint density at radius 2 is 2.05 bits per heavy atom. The van der Waals surface area contributed by atoms with E-state index in [0.29, 0.717) is 19.2 Å². The number of carbonyl (C=O) groups is 1. The molecule has 1 aliphatic carbocycles. The average Bonchev–Trinajstić information content (AvgIpc) is 3.20.